The van der Waals surface area contributed by atoms with Crippen LogP contribution < -0.4 is 5.32 Å². The van der Waals surface area contributed by atoms with E-state index in [1.54, 1.807) is 0 Å². The van der Waals surface area contributed by atoms with Crippen LogP contribution in [0.1, 0.15) is 35.2 Å². The molecular weight excluding hydrogens is 325 g/mol. The van der Waals surface area contributed by atoms with Gasteiger partial charge in [0.15, 0.2) is 0 Å². The highest BCUT2D eigenvalue weighted by molar-refractivity contribution is 6.42. The summed E-state index contributed by atoms with van der Waals surface area (Å²) in [5.41, 5.74) is 4.52. The van der Waals surface area contributed by atoms with E-state index in [4.69, 9.17) is 34.8 Å². The predicted octanol–water partition coefficient (Wildman–Crippen LogP) is 5.96. The summed E-state index contributed by atoms with van der Waals surface area (Å²) in [6.45, 7) is 7.03. The van der Waals surface area contributed by atoms with Gasteiger partial charge in [-0.1, -0.05) is 53.9 Å². The second-order valence-electron chi connectivity index (χ2n) is 5.12. The SMILES string of the molecule is CCNC(c1ccc(Cl)c(Cl)c1)c1cc(C)c(Cl)cc1C. The summed E-state index contributed by atoms with van der Waals surface area (Å²) in [7, 11) is 0. The molecule has 1 nitrogen and oxygen atoms in total. The zero-order valence-electron chi connectivity index (χ0n) is 12.3. The Morgan fingerprint density at radius 1 is 0.905 bits per heavy atom. The first kappa shape index (κ1) is 16.6. The first-order valence-electron chi connectivity index (χ1n) is 6.89. The average molecular weight is 343 g/mol. The molecule has 0 aromatic heterocycles. The van der Waals surface area contributed by atoms with Crippen molar-refractivity contribution in [1.29, 1.82) is 0 Å². The van der Waals surface area contributed by atoms with E-state index in [2.05, 4.69) is 25.2 Å². The molecule has 4 heteroatoms. The van der Waals surface area contributed by atoms with Gasteiger partial charge in [0.25, 0.3) is 0 Å². The van der Waals surface area contributed by atoms with Crippen LogP contribution in [0, 0.1) is 13.8 Å². The lowest BCUT2D eigenvalue weighted by Gasteiger charge is -2.22. The summed E-state index contributed by atoms with van der Waals surface area (Å²) in [5.74, 6) is 0. The molecule has 0 aliphatic heterocycles. The molecule has 112 valence electrons. The largest absolute Gasteiger partial charge is 0.307 e. The maximum Gasteiger partial charge on any atom is 0.0595 e. The molecule has 0 radical (unpaired) electrons. The Balaban J connectivity index is 2.52. The third-order valence-electron chi connectivity index (χ3n) is 3.54. The van der Waals surface area contributed by atoms with E-state index >= 15 is 0 Å². The van der Waals surface area contributed by atoms with Crippen LogP contribution in [0.2, 0.25) is 15.1 Å². The van der Waals surface area contributed by atoms with E-state index < -0.39 is 0 Å². The van der Waals surface area contributed by atoms with Gasteiger partial charge in [0.2, 0.25) is 0 Å². The van der Waals surface area contributed by atoms with Crippen molar-refractivity contribution in [3.63, 3.8) is 0 Å². The molecule has 0 fully saturated rings. The van der Waals surface area contributed by atoms with Crippen molar-refractivity contribution in [3.05, 3.63) is 67.7 Å². The minimum absolute atomic E-state index is 0.0701. The molecule has 1 unspecified atom stereocenters. The Labute approximate surface area is 141 Å². The molecule has 0 amide bonds. The van der Waals surface area contributed by atoms with E-state index in [1.807, 2.05) is 31.2 Å². The molecule has 0 aliphatic rings. The van der Waals surface area contributed by atoms with Crippen LogP contribution >= 0.6 is 34.8 Å². The minimum Gasteiger partial charge on any atom is -0.307 e. The lowest BCUT2D eigenvalue weighted by Crippen LogP contribution is -2.23. The fraction of sp³-hybridized carbons (Fsp3) is 0.294. The molecule has 0 saturated heterocycles. The summed E-state index contributed by atoms with van der Waals surface area (Å²) in [6.07, 6.45) is 0. The molecule has 0 aliphatic carbocycles. The van der Waals surface area contributed by atoms with Gasteiger partial charge in [0.1, 0.15) is 0 Å². The van der Waals surface area contributed by atoms with Gasteiger partial charge >= 0.3 is 0 Å². The smallest absolute Gasteiger partial charge is 0.0595 e. The van der Waals surface area contributed by atoms with Gasteiger partial charge in [0, 0.05) is 5.02 Å². The van der Waals surface area contributed by atoms with E-state index in [9.17, 15) is 0 Å². The molecule has 1 N–H and O–H groups in total. The fourth-order valence-electron chi connectivity index (χ4n) is 2.42. The number of benzene rings is 2. The van der Waals surface area contributed by atoms with Crippen LogP contribution in [0.4, 0.5) is 0 Å². The van der Waals surface area contributed by atoms with E-state index in [1.165, 1.54) is 5.56 Å². The Bertz CT molecular complexity index is 653. The Hall–Kier alpha value is -0.730. The Kier molecular flexibility index (Phi) is 5.56. The van der Waals surface area contributed by atoms with Gasteiger partial charge in [-0.2, -0.15) is 0 Å². The first-order chi connectivity index (χ1) is 9.93. The van der Waals surface area contributed by atoms with Gasteiger partial charge < -0.3 is 5.32 Å². The molecule has 1 atom stereocenters. The highest BCUT2D eigenvalue weighted by Gasteiger charge is 2.17. The predicted molar refractivity (Wildman–Crippen MR) is 92.9 cm³/mol. The molecule has 21 heavy (non-hydrogen) atoms. The van der Waals surface area contributed by atoms with Crippen LogP contribution in [0.25, 0.3) is 0 Å². The lowest BCUT2D eigenvalue weighted by atomic mass is 9.93. The topological polar surface area (TPSA) is 12.0 Å². The molecule has 2 rings (SSSR count). The molecule has 0 bridgehead atoms. The molecule has 0 saturated carbocycles. The maximum atomic E-state index is 6.20. The quantitative estimate of drug-likeness (QED) is 0.722. The van der Waals surface area contributed by atoms with E-state index in [-0.39, 0.29) is 6.04 Å². The summed E-state index contributed by atoms with van der Waals surface area (Å²) in [6, 6.07) is 9.97. The zero-order valence-corrected chi connectivity index (χ0v) is 14.6. The molecule has 2 aromatic carbocycles. The second-order valence-corrected chi connectivity index (χ2v) is 6.34. The molecule has 2 aromatic rings. The third kappa shape index (κ3) is 3.73. The number of hydrogen-bond donors (Lipinski definition) is 1. The zero-order chi connectivity index (χ0) is 15.6. The monoisotopic (exact) mass is 341 g/mol. The number of hydrogen-bond acceptors (Lipinski definition) is 1. The maximum absolute atomic E-state index is 6.20. The van der Waals surface area contributed by atoms with Crippen molar-refractivity contribution in [2.24, 2.45) is 0 Å². The fourth-order valence-corrected chi connectivity index (χ4v) is 2.94. The normalized spacial score (nSPS) is 12.5. The van der Waals surface area contributed by atoms with Crippen molar-refractivity contribution in [1.82, 2.24) is 5.32 Å². The van der Waals surface area contributed by atoms with Gasteiger partial charge in [-0.3, -0.25) is 0 Å². The Morgan fingerprint density at radius 3 is 2.24 bits per heavy atom. The molecule has 0 spiro atoms. The van der Waals surface area contributed by atoms with Crippen LogP contribution in [-0.2, 0) is 0 Å². The van der Waals surface area contributed by atoms with Gasteiger partial charge in [-0.15, -0.1) is 0 Å². The minimum atomic E-state index is 0.0701. The van der Waals surface area contributed by atoms with Crippen LogP contribution in [0.15, 0.2) is 30.3 Å². The first-order valence-corrected chi connectivity index (χ1v) is 8.02. The van der Waals surface area contributed by atoms with E-state index in [0.717, 1.165) is 28.3 Å². The van der Waals surface area contributed by atoms with Crippen LogP contribution in [0.5, 0.6) is 0 Å². The number of nitrogens with one attached hydrogen (secondary N) is 1. The standard InChI is InChI=1S/C17H18Cl3N/c1-4-21-17(12-5-6-14(18)16(20)9-12)13-7-11(3)15(19)8-10(13)2/h5-9,17,21H,4H2,1-3H3. The lowest BCUT2D eigenvalue weighted by molar-refractivity contribution is 0.627. The Morgan fingerprint density at radius 2 is 1.62 bits per heavy atom. The summed E-state index contributed by atoms with van der Waals surface area (Å²) >= 11 is 18.4. The van der Waals surface area contributed by atoms with Gasteiger partial charge in [0.05, 0.1) is 16.1 Å². The molecule has 0 heterocycles. The highest BCUT2D eigenvalue weighted by atomic mass is 35.5. The molecular formula is C17H18Cl3N. The average Bonchev–Trinajstić information content (AvgIpc) is 2.44. The number of aryl methyl sites for hydroxylation is 2. The highest BCUT2D eigenvalue weighted by Crippen LogP contribution is 2.32. The van der Waals surface area contributed by atoms with E-state index in [0.29, 0.717) is 10.0 Å². The number of halogens is 3. The van der Waals surface area contributed by atoms with Crippen molar-refractivity contribution >= 4 is 34.8 Å². The van der Waals surface area contributed by atoms with Crippen molar-refractivity contribution < 1.29 is 0 Å². The van der Waals surface area contributed by atoms with Gasteiger partial charge in [-0.05, 0) is 60.8 Å². The van der Waals surface area contributed by atoms with Crippen LogP contribution in [-0.4, -0.2) is 6.54 Å². The van der Waals surface area contributed by atoms with Gasteiger partial charge in [-0.25, -0.2) is 0 Å². The summed E-state index contributed by atoms with van der Waals surface area (Å²) in [4.78, 5) is 0. The van der Waals surface area contributed by atoms with Crippen LogP contribution in [0.3, 0.4) is 0 Å². The van der Waals surface area contributed by atoms with Crippen molar-refractivity contribution in [3.8, 4) is 0 Å². The second kappa shape index (κ2) is 7.02. The summed E-state index contributed by atoms with van der Waals surface area (Å²) < 4.78 is 0. The number of rotatable bonds is 4. The van der Waals surface area contributed by atoms with Crippen molar-refractivity contribution in [2.75, 3.05) is 6.54 Å². The van der Waals surface area contributed by atoms with Crippen molar-refractivity contribution in [2.45, 2.75) is 26.8 Å². The third-order valence-corrected chi connectivity index (χ3v) is 4.69. The summed E-state index contributed by atoms with van der Waals surface area (Å²) in [5, 5.41) is 5.44.